The molecule has 1 aliphatic rings. The van der Waals surface area contributed by atoms with Crippen LogP contribution < -0.4 is 0 Å². The molecule has 0 saturated carbocycles. The quantitative estimate of drug-likeness (QED) is 0.699. The number of rotatable bonds is 5. The van der Waals surface area contributed by atoms with Crippen LogP contribution in [0.2, 0.25) is 0 Å². The average Bonchev–Trinajstić information content (AvgIpc) is 3.09. The first-order chi connectivity index (χ1) is 12.8. The Kier molecular flexibility index (Phi) is 5.14. The molecule has 2 aromatic carbocycles. The van der Waals surface area contributed by atoms with Crippen molar-refractivity contribution in [2.45, 2.75) is 20.0 Å². The lowest BCUT2D eigenvalue weighted by Gasteiger charge is -2.34. The van der Waals surface area contributed by atoms with Gasteiger partial charge in [-0.1, -0.05) is 59.8 Å². The first-order valence-electron chi connectivity index (χ1n) is 9.27. The maximum absolute atomic E-state index is 5.33. The second-order valence-corrected chi connectivity index (χ2v) is 7.05. The van der Waals surface area contributed by atoms with E-state index in [9.17, 15) is 0 Å². The predicted octanol–water partition coefficient (Wildman–Crippen LogP) is 3.97. The van der Waals surface area contributed by atoms with Crippen molar-refractivity contribution in [1.29, 1.82) is 0 Å². The fourth-order valence-electron chi connectivity index (χ4n) is 3.51. The summed E-state index contributed by atoms with van der Waals surface area (Å²) in [4.78, 5) is 4.97. The van der Waals surface area contributed by atoms with Crippen molar-refractivity contribution in [3.05, 3.63) is 77.7 Å². The Hall–Kier alpha value is -2.43. The molecule has 0 spiro atoms. The highest BCUT2D eigenvalue weighted by Gasteiger charge is 2.18. The van der Waals surface area contributed by atoms with Gasteiger partial charge in [-0.2, -0.15) is 0 Å². The summed E-state index contributed by atoms with van der Waals surface area (Å²) in [5, 5.41) is 3.97. The zero-order chi connectivity index (χ0) is 17.8. The number of hydrogen-bond acceptors (Lipinski definition) is 4. The number of aromatic nitrogens is 1. The third-order valence-electron chi connectivity index (χ3n) is 4.99. The van der Waals surface area contributed by atoms with Crippen molar-refractivity contribution >= 4 is 0 Å². The maximum Gasteiger partial charge on any atom is 0.150 e. The van der Waals surface area contributed by atoms with Gasteiger partial charge >= 0.3 is 0 Å². The number of nitrogens with zero attached hydrogens (tertiary/aromatic N) is 3. The second kappa shape index (κ2) is 7.85. The van der Waals surface area contributed by atoms with E-state index in [2.05, 4.69) is 69.6 Å². The molecule has 4 nitrogen and oxygen atoms in total. The molecule has 0 unspecified atom stereocenters. The molecule has 1 aliphatic heterocycles. The van der Waals surface area contributed by atoms with Gasteiger partial charge in [0.1, 0.15) is 0 Å². The van der Waals surface area contributed by atoms with Crippen LogP contribution in [0.25, 0.3) is 11.1 Å². The average molecular weight is 347 g/mol. The van der Waals surface area contributed by atoms with Crippen LogP contribution in [0.1, 0.15) is 17.0 Å². The summed E-state index contributed by atoms with van der Waals surface area (Å²) in [5.41, 5.74) is 4.89. The van der Waals surface area contributed by atoms with E-state index in [1.807, 2.05) is 13.0 Å². The highest BCUT2D eigenvalue weighted by atomic mass is 16.5. The van der Waals surface area contributed by atoms with E-state index in [0.29, 0.717) is 0 Å². The Labute approximate surface area is 155 Å². The van der Waals surface area contributed by atoms with Crippen molar-refractivity contribution in [2.24, 2.45) is 0 Å². The minimum absolute atomic E-state index is 0.862. The summed E-state index contributed by atoms with van der Waals surface area (Å²) < 4.78 is 5.33. The van der Waals surface area contributed by atoms with Crippen molar-refractivity contribution in [1.82, 2.24) is 15.0 Å². The number of hydrogen-bond donors (Lipinski definition) is 0. The summed E-state index contributed by atoms with van der Waals surface area (Å²) in [5.74, 6) is 0.965. The van der Waals surface area contributed by atoms with E-state index in [-0.39, 0.29) is 0 Å². The van der Waals surface area contributed by atoms with Crippen molar-refractivity contribution in [2.75, 3.05) is 26.2 Å². The molecule has 0 bridgehead atoms. The third-order valence-corrected chi connectivity index (χ3v) is 4.99. The Balaban J connectivity index is 1.29. The minimum Gasteiger partial charge on any atom is -0.360 e. The fourth-order valence-corrected chi connectivity index (χ4v) is 3.51. The van der Waals surface area contributed by atoms with E-state index >= 15 is 0 Å². The first-order valence-corrected chi connectivity index (χ1v) is 9.27. The molecule has 26 heavy (non-hydrogen) atoms. The lowest BCUT2D eigenvalue weighted by atomic mass is 10.0. The SMILES string of the molecule is Cc1cc(CN2CCN(Cc3ccc(-c4ccccc4)cc3)CC2)on1. The molecular weight excluding hydrogens is 322 g/mol. The van der Waals surface area contributed by atoms with Crippen LogP contribution >= 0.6 is 0 Å². The summed E-state index contributed by atoms with van der Waals surface area (Å²) in [6.45, 7) is 8.17. The Bertz CT molecular complexity index is 818. The van der Waals surface area contributed by atoms with Crippen molar-refractivity contribution in [3.8, 4) is 11.1 Å². The Morgan fingerprint density at radius 3 is 2.04 bits per heavy atom. The van der Waals surface area contributed by atoms with Crippen LogP contribution in [0.4, 0.5) is 0 Å². The van der Waals surface area contributed by atoms with E-state index < -0.39 is 0 Å². The van der Waals surface area contributed by atoms with Gasteiger partial charge in [0.2, 0.25) is 0 Å². The molecule has 0 amide bonds. The Morgan fingerprint density at radius 2 is 1.42 bits per heavy atom. The van der Waals surface area contributed by atoms with E-state index in [0.717, 1.165) is 50.7 Å². The van der Waals surface area contributed by atoms with Gasteiger partial charge < -0.3 is 4.52 Å². The molecule has 134 valence electrons. The molecule has 2 heterocycles. The molecule has 1 fully saturated rings. The highest BCUT2D eigenvalue weighted by Crippen LogP contribution is 2.20. The van der Waals surface area contributed by atoms with Gasteiger partial charge in [0.25, 0.3) is 0 Å². The number of piperazine rings is 1. The maximum atomic E-state index is 5.33. The molecule has 4 rings (SSSR count). The lowest BCUT2D eigenvalue weighted by Crippen LogP contribution is -2.45. The molecule has 4 heteroatoms. The largest absolute Gasteiger partial charge is 0.360 e. The van der Waals surface area contributed by atoms with Gasteiger partial charge in [-0.3, -0.25) is 9.80 Å². The van der Waals surface area contributed by atoms with Gasteiger partial charge in [-0.25, -0.2) is 0 Å². The van der Waals surface area contributed by atoms with E-state index in [1.54, 1.807) is 0 Å². The highest BCUT2D eigenvalue weighted by molar-refractivity contribution is 5.63. The smallest absolute Gasteiger partial charge is 0.150 e. The molecular formula is C22H25N3O. The first kappa shape index (κ1) is 17.0. The van der Waals surface area contributed by atoms with E-state index in [1.165, 1.54) is 16.7 Å². The van der Waals surface area contributed by atoms with Crippen molar-refractivity contribution in [3.63, 3.8) is 0 Å². The summed E-state index contributed by atoms with van der Waals surface area (Å²) in [6.07, 6.45) is 0. The Morgan fingerprint density at radius 1 is 0.808 bits per heavy atom. The second-order valence-electron chi connectivity index (χ2n) is 7.05. The van der Waals surface area contributed by atoms with Crippen molar-refractivity contribution < 1.29 is 4.52 Å². The summed E-state index contributed by atoms with van der Waals surface area (Å²) >= 11 is 0. The molecule has 1 aromatic heterocycles. The summed E-state index contributed by atoms with van der Waals surface area (Å²) in [7, 11) is 0. The van der Waals surface area contributed by atoms with Gasteiger partial charge in [0.15, 0.2) is 5.76 Å². The normalized spacial score (nSPS) is 16.0. The van der Waals surface area contributed by atoms with Crippen LogP contribution in [-0.2, 0) is 13.1 Å². The topological polar surface area (TPSA) is 32.5 Å². The summed E-state index contributed by atoms with van der Waals surface area (Å²) in [6, 6.07) is 21.5. The molecule has 0 aliphatic carbocycles. The van der Waals surface area contributed by atoms with E-state index in [4.69, 9.17) is 4.52 Å². The predicted molar refractivity (Wildman–Crippen MR) is 104 cm³/mol. The van der Waals surface area contributed by atoms with Crippen LogP contribution in [0.5, 0.6) is 0 Å². The van der Waals surface area contributed by atoms with Crippen LogP contribution in [0.3, 0.4) is 0 Å². The molecule has 0 radical (unpaired) electrons. The standard InChI is InChI=1S/C22H25N3O/c1-18-15-22(26-23-18)17-25-13-11-24(12-14-25)16-19-7-9-21(10-8-19)20-5-3-2-4-6-20/h2-10,15H,11-14,16-17H2,1H3. The van der Waals surface area contributed by atoms with Crippen LogP contribution in [0, 0.1) is 6.92 Å². The third kappa shape index (κ3) is 4.21. The minimum atomic E-state index is 0.862. The fraction of sp³-hybridized carbons (Fsp3) is 0.318. The lowest BCUT2D eigenvalue weighted by molar-refractivity contribution is 0.113. The molecule has 3 aromatic rings. The van der Waals surface area contributed by atoms with Crippen LogP contribution in [-0.4, -0.2) is 41.1 Å². The van der Waals surface area contributed by atoms with Gasteiger partial charge in [-0.05, 0) is 23.6 Å². The van der Waals surface area contributed by atoms with Crippen LogP contribution in [0.15, 0.2) is 65.2 Å². The van der Waals surface area contributed by atoms with Gasteiger partial charge in [0.05, 0.1) is 12.2 Å². The molecule has 0 N–H and O–H groups in total. The number of benzene rings is 2. The number of aryl methyl sites for hydroxylation is 1. The van der Waals surface area contributed by atoms with Gasteiger partial charge in [0, 0.05) is 38.8 Å². The zero-order valence-corrected chi connectivity index (χ0v) is 15.3. The zero-order valence-electron chi connectivity index (χ0n) is 15.3. The molecule has 1 saturated heterocycles. The van der Waals surface area contributed by atoms with Gasteiger partial charge in [-0.15, -0.1) is 0 Å². The molecule has 0 atom stereocenters. The monoisotopic (exact) mass is 347 g/mol.